The molecule has 1 aromatic carbocycles. The highest BCUT2D eigenvalue weighted by atomic mass is 79.9. The number of benzene rings is 1. The van der Waals surface area contributed by atoms with E-state index in [2.05, 4.69) is 26.2 Å². The molecule has 1 N–H and O–H groups in total. The smallest absolute Gasteiger partial charge is 0.244 e. The summed E-state index contributed by atoms with van der Waals surface area (Å²) in [6.45, 7) is 0.0684. The van der Waals surface area contributed by atoms with Crippen molar-refractivity contribution in [2.45, 2.75) is 6.54 Å². The lowest BCUT2D eigenvalue weighted by Crippen LogP contribution is -2.19. The van der Waals surface area contributed by atoms with Gasteiger partial charge < -0.3 is 9.88 Å². The van der Waals surface area contributed by atoms with E-state index in [-0.39, 0.29) is 18.3 Å². The number of rotatable bonds is 3. The number of nitrogens with one attached hydrogen (secondary N) is 1. The molecule has 0 spiro atoms. The van der Waals surface area contributed by atoms with Crippen LogP contribution < -0.4 is 5.32 Å². The fourth-order valence-corrected chi connectivity index (χ4v) is 1.70. The molecule has 1 amide bonds. The van der Waals surface area contributed by atoms with E-state index < -0.39 is 0 Å². The van der Waals surface area contributed by atoms with Gasteiger partial charge in [-0.05, 0) is 24.3 Å². The first-order valence-corrected chi connectivity index (χ1v) is 5.95. The number of carbonyl (C=O) groups is 1. The second-order valence-corrected chi connectivity index (χ2v) is 4.46. The summed E-state index contributed by atoms with van der Waals surface area (Å²) in [5, 5.41) is 11.5. The van der Waals surface area contributed by atoms with Crippen molar-refractivity contribution in [1.29, 1.82) is 5.26 Å². The third-order valence-electron chi connectivity index (χ3n) is 2.26. The number of aromatic nitrogens is 2. The molecule has 90 valence electrons. The van der Waals surface area contributed by atoms with Crippen molar-refractivity contribution in [2.75, 3.05) is 5.32 Å². The van der Waals surface area contributed by atoms with Crippen LogP contribution >= 0.6 is 15.9 Å². The van der Waals surface area contributed by atoms with Crippen LogP contribution in [0.15, 0.2) is 41.1 Å². The first-order chi connectivity index (χ1) is 8.69. The van der Waals surface area contributed by atoms with Gasteiger partial charge in [0, 0.05) is 22.6 Å². The number of carbonyl (C=O) groups excluding carboxylic acids is 1. The average Bonchev–Trinajstić information content (AvgIpc) is 2.79. The molecule has 1 aromatic heterocycles. The fourth-order valence-electron chi connectivity index (χ4n) is 1.44. The monoisotopic (exact) mass is 304 g/mol. The van der Waals surface area contributed by atoms with Crippen LogP contribution in [0.3, 0.4) is 0 Å². The van der Waals surface area contributed by atoms with E-state index in [1.807, 2.05) is 18.2 Å². The fraction of sp³-hybridized carbons (Fsp3) is 0.0833. The maximum absolute atomic E-state index is 11.8. The maximum atomic E-state index is 11.8. The minimum atomic E-state index is -0.202. The minimum Gasteiger partial charge on any atom is -0.325 e. The summed E-state index contributed by atoms with van der Waals surface area (Å²) >= 11 is 3.32. The van der Waals surface area contributed by atoms with Gasteiger partial charge in [-0.3, -0.25) is 4.79 Å². The van der Waals surface area contributed by atoms with Crippen molar-refractivity contribution in [1.82, 2.24) is 9.55 Å². The molecule has 2 rings (SSSR count). The van der Waals surface area contributed by atoms with Crippen LogP contribution in [-0.2, 0) is 11.3 Å². The first kappa shape index (κ1) is 12.3. The number of anilines is 1. The number of halogens is 1. The molecule has 0 radical (unpaired) electrons. The zero-order valence-electron chi connectivity index (χ0n) is 9.30. The number of hydrogen-bond donors (Lipinski definition) is 1. The average molecular weight is 305 g/mol. The molecule has 1 heterocycles. The molecule has 6 heteroatoms. The van der Waals surface area contributed by atoms with E-state index in [4.69, 9.17) is 5.26 Å². The van der Waals surface area contributed by atoms with Gasteiger partial charge in [0.1, 0.15) is 12.6 Å². The molecule has 0 atom stereocenters. The Labute approximate surface area is 112 Å². The standard InChI is InChI=1S/C12H9BrN4O/c13-9-1-3-10(4-2-9)16-12(18)8-17-6-5-15-11(17)7-14/h1-6H,8H2,(H,16,18). The molecule has 0 aliphatic rings. The SMILES string of the molecule is N#Cc1nccn1CC(=O)Nc1ccc(Br)cc1. The molecule has 0 unspecified atom stereocenters. The number of imidazole rings is 1. The van der Waals surface area contributed by atoms with Gasteiger partial charge >= 0.3 is 0 Å². The Kier molecular flexibility index (Phi) is 3.75. The quantitative estimate of drug-likeness (QED) is 0.944. The molecule has 2 aromatic rings. The topological polar surface area (TPSA) is 70.7 Å². The summed E-state index contributed by atoms with van der Waals surface area (Å²) in [7, 11) is 0. The van der Waals surface area contributed by atoms with Gasteiger partial charge in [0.2, 0.25) is 11.7 Å². The van der Waals surface area contributed by atoms with Gasteiger partial charge in [-0.2, -0.15) is 5.26 Å². The van der Waals surface area contributed by atoms with E-state index in [0.717, 1.165) is 4.47 Å². The van der Waals surface area contributed by atoms with E-state index in [1.54, 1.807) is 18.3 Å². The lowest BCUT2D eigenvalue weighted by atomic mass is 10.3. The highest BCUT2D eigenvalue weighted by molar-refractivity contribution is 9.10. The Hall–Kier alpha value is -2.13. The van der Waals surface area contributed by atoms with Crippen LogP contribution in [-0.4, -0.2) is 15.5 Å². The Morgan fingerprint density at radius 1 is 1.44 bits per heavy atom. The van der Waals surface area contributed by atoms with Crippen LogP contribution in [0.1, 0.15) is 5.82 Å². The molecule has 5 nitrogen and oxygen atoms in total. The molecule has 0 saturated heterocycles. The Morgan fingerprint density at radius 3 is 2.83 bits per heavy atom. The lowest BCUT2D eigenvalue weighted by Gasteiger charge is -2.06. The molecule has 0 saturated carbocycles. The molecule has 0 aliphatic heterocycles. The van der Waals surface area contributed by atoms with Gasteiger partial charge in [-0.15, -0.1) is 0 Å². The summed E-state index contributed by atoms with van der Waals surface area (Å²) in [5.41, 5.74) is 0.710. The zero-order chi connectivity index (χ0) is 13.0. The van der Waals surface area contributed by atoms with Crippen LogP contribution in [0.25, 0.3) is 0 Å². The number of nitrogens with zero attached hydrogens (tertiary/aromatic N) is 3. The Morgan fingerprint density at radius 2 is 2.17 bits per heavy atom. The summed E-state index contributed by atoms with van der Waals surface area (Å²) < 4.78 is 2.44. The van der Waals surface area contributed by atoms with E-state index in [0.29, 0.717) is 5.69 Å². The van der Waals surface area contributed by atoms with Crippen LogP contribution in [0.2, 0.25) is 0 Å². The molecule has 0 fully saturated rings. The summed E-state index contributed by atoms with van der Waals surface area (Å²) in [6, 6.07) is 9.19. The second kappa shape index (κ2) is 5.47. The van der Waals surface area contributed by atoms with E-state index in [1.165, 1.54) is 10.8 Å². The molecular formula is C12H9BrN4O. The van der Waals surface area contributed by atoms with Crippen LogP contribution in [0, 0.1) is 11.3 Å². The molecule has 0 bridgehead atoms. The Bertz CT molecular complexity index is 597. The minimum absolute atomic E-state index is 0.0684. The number of hydrogen-bond acceptors (Lipinski definition) is 3. The summed E-state index contributed by atoms with van der Waals surface area (Å²) in [5.74, 6) is 0.0211. The normalized spacial score (nSPS) is 9.78. The van der Waals surface area contributed by atoms with Gasteiger partial charge in [-0.25, -0.2) is 4.98 Å². The van der Waals surface area contributed by atoms with Crippen molar-refractivity contribution < 1.29 is 4.79 Å². The second-order valence-electron chi connectivity index (χ2n) is 3.55. The van der Waals surface area contributed by atoms with Crippen LogP contribution in [0.4, 0.5) is 5.69 Å². The maximum Gasteiger partial charge on any atom is 0.244 e. The third kappa shape index (κ3) is 2.96. The van der Waals surface area contributed by atoms with Crippen molar-refractivity contribution in [3.05, 3.63) is 47.0 Å². The Balaban J connectivity index is 2.01. The predicted molar refractivity (Wildman–Crippen MR) is 69.7 cm³/mol. The molecule has 0 aliphatic carbocycles. The van der Waals surface area contributed by atoms with Crippen molar-refractivity contribution in [3.8, 4) is 6.07 Å². The van der Waals surface area contributed by atoms with Crippen molar-refractivity contribution >= 4 is 27.5 Å². The van der Waals surface area contributed by atoms with Gasteiger partial charge in [0.25, 0.3) is 0 Å². The van der Waals surface area contributed by atoms with E-state index >= 15 is 0 Å². The van der Waals surface area contributed by atoms with Crippen molar-refractivity contribution in [3.63, 3.8) is 0 Å². The summed E-state index contributed by atoms with van der Waals surface area (Å²) in [6.07, 6.45) is 3.09. The number of nitriles is 1. The van der Waals surface area contributed by atoms with E-state index in [9.17, 15) is 4.79 Å². The number of amides is 1. The van der Waals surface area contributed by atoms with Crippen molar-refractivity contribution in [2.24, 2.45) is 0 Å². The van der Waals surface area contributed by atoms with Gasteiger partial charge in [0.15, 0.2) is 0 Å². The largest absolute Gasteiger partial charge is 0.325 e. The van der Waals surface area contributed by atoms with Gasteiger partial charge in [0.05, 0.1) is 0 Å². The molecular weight excluding hydrogens is 296 g/mol. The first-order valence-electron chi connectivity index (χ1n) is 5.15. The zero-order valence-corrected chi connectivity index (χ0v) is 10.9. The third-order valence-corrected chi connectivity index (χ3v) is 2.79. The highest BCUT2D eigenvalue weighted by Crippen LogP contribution is 2.14. The highest BCUT2D eigenvalue weighted by Gasteiger charge is 2.07. The van der Waals surface area contributed by atoms with Gasteiger partial charge in [-0.1, -0.05) is 15.9 Å². The predicted octanol–water partition coefficient (Wildman–Crippen LogP) is 2.16. The lowest BCUT2D eigenvalue weighted by molar-refractivity contribution is -0.116. The molecule has 18 heavy (non-hydrogen) atoms. The van der Waals surface area contributed by atoms with Crippen LogP contribution in [0.5, 0.6) is 0 Å². The summed E-state index contributed by atoms with van der Waals surface area (Å²) in [4.78, 5) is 15.6.